The number of H-pyrrole nitrogens is 1. The summed E-state index contributed by atoms with van der Waals surface area (Å²) < 4.78 is 0. The summed E-state index contributed by atoms with van der Waals surface area (Å²) in [6.07, 6.45) is 0. The number of aromatic amines is 1. The molecule has 0 fully saturated rings. The molecule has 18 heavy (non-hydrogen) atoms. The maximum atomic E-state index is 12.5. The smallest absolute Gasteiger partial charge is 0.209 e. The van der Waals surface area contributed by atoms with Gasteiger partial charge >= 0.3 is 0 Å². The lowest BCUT2D eigenvalue weighted by Gasteiger charge is -2.04. The molecule has 0 saturated heterocycles. The number of benzene rings is 1. The molecule has 0 aliphatic carbocycles. The maximum Gasteiger partial charge on any atom is 0.209 e. The van der Waals surface area contributed by atoms with Gasteiger partial charge < -0.3 is 4.98 Å². The van der Waals surface area contributed by atoms with Crippen molar-refractivity contribution >= 4 is 5.78 Å². The molecule has 0 atom stereocenters. The van der Waals surface area contributed by atoms with Gasteiger partial charge in [0.25, 0.3) is 0 Å². The van der Waals surface area contributed by atoms with Gasteiger partial charge in [-0.1, -0.05) is 12.1 Å². The van der Waals surface area contributed by atoms with E-state index in [1.807, 2.05) is 45.9 Å². The van der Waals surface area contributed by atoms with E-state index in [2.05, 4.69) is 11.9 Å². The molecule has 2 rings (SSSR count). The summed E-state index contributed by atoms with van der Waals surface area (Å²) in [6.45, 7) is 10.1. The van der Waals surface area contributed by atoms with E-state index in [0.29, 0.717) is 5.69 Å². The van der Waals surface area contributed by atoms with E-state index in [1.54, 1.807) is 0 Å². The van der Waals surface area contributed by atoms with Crippen molar-refractivity contribution in [3.8, 4) is 0 Å². The standard InChI is InChI=1S/C16H19NO/c1-9-6-7-14(8-10(9)2)16(18)15-12(4)11(3)13(5)17-15/h6-8,17H,1-5H3. The second-order valence-electron chi connectivity index (χ2n) is 5.00. The van der Waals surface area contributed by atoms with Gasteiger partial charge in [-0.05, 0) is 62.9 Å². The summed E-state index contributed by atoms with van der Waals surface area (Å²) in [5, 5.41) is 0. The first-order valence-corrected chi connectivity index (χ1v) is 6.19. The molecule has 1 N–H and O–H groups in total. The fourth-order valence-electron chi connectivity index (χ4n) is 2.10. The quantitative estimate of drug-likeness (QED) is 0.797. The highest BCUT2D eigenvalue weighted by molar-refractivity contribution is 6.09. The Kier molecular flexibility index (Phi) is 3.12. The van der Waals surface area contributed by atoms with Crippen LogP contribution in [0.1, 0.15) is 44.0 Å². The predicted octanol–water partition coefficient (Wildman–Crippen LogP) is 3.79. The van der Waals surface area contributed by atoms with Crippen LogP contribution in [0.2, 0.25) is 0 Å². The van der Waals surface area contributed by atoms with Crippen molar-refractivity contribution < 1.29 is 4.79 Å². The molecule has 0 radical (unpaired) electrons. The molecular weight excluding hydrogens is 222 g/mol. The van der Waals surface area contributed by atoms with Crippen LogP contribution < -0.4 is 0 Å². The van der Waals surface area contributed by atoms with E-state index in [1.165, 1.54) is 11.1 Å². The van der Waals surface area contributed by atoms with Gasteiger partial charge in [0.1, 0.15) is 0 Å². The molecule has 0 aliphatic heterocycles. The van der Waals surface area contributed by atoms with Crippen LogP contribution in [-0.2, 0) is 0 Å². The Morgan fingerprint density at radius 3 is 2.11 bits per heavy atom. The monoisotopic (exact) mass is 241 g/mol. The van der Waals surface area contributed by atoms with E-state index in [9.17, 15) is 4.79 Å². The zero-order valence-electron chi connectivity index (χ0n) is 11.6. The Bertz CT molecular complexity index is 620. The van der Waals surface area contributed by atoms with Crippen molar-refractivity contribution in [2.24, 2.45) is 0 Å². The van der Waals surface area contributed by atoms with Gasteiger partial charge in [0.05, 0.1) is 5.69 Å². The first-order valence-electron chi connectivity index (χ1n) is 6.19. The summed E-state index contributed by atoms with van der Waals surface area (Å²) >= 11 is 0. The molecule has 1 aromatic carbocycles. The maximum absolute atomic E-state index is 12.5. The molecular formula is C16H19NO. The van der Waals surface area contributed by atoms with Gasteiger partial charge in [-0.15, -0.1) is 0 Å². The van der Waals surface area contributed by atoms with Crippen LogP contribution in [0.25, 0.3) is 0 Å². The van der Waals surface area contributed by atoms with Crippen LogP contribution in [0.4, 0.5) is 0 Å². The third-order valence-corrected chi connectivity index (χ3v) is 3.81. The van der Waals surface area contributed by atoms with Crippen molar-refractivity contribution in [1.82, 2.24) is 4.98 Å². The molecule has 0 aliphatic rings. The van der Waals surface area contributed by atoms with Crippen LogP contribution in [0, 0.1) is 34.6 Å². The fourth-order valence-corrected chi connectivity index (χ4v) is 2.10. The lowest BCUT2D eigenvalue weighted by molar-refractivity contribution is 0.103. The summed E-state index contributed by atoms with van der Waals surface area (Å²) in [7, 11) is 0. The topological polar surface area (TPSA) is 32.9 Å². The Morgan fingerprint density at radius 1 is 0.944 bits per heavy atom. The predicted molar refractivity (Wildman–Crippen MR) is 74.4 cm³/mol. The van der Waals surface area contributed by atoms with Gasteiger partial charge in [0.15, 0.2) is 0 Å². The molecule has 0 unspecified atom stereocenters. The third kappa shape index (κ3) is 1.99. The van der Waals surface area contributed by atoms with Crippen LogP contribution >= 0.6 is 0 Å². The van der Waals surface area contributed by atoms with Crippen molar-refractivity contribution in [2.75, 3.05) is 0 Å². The highest BCUT2D eigenvalue weighted by Crippen LogP contribution is 2.20. The number of aromatic nitrogens is 1. The van der Waals surface area contributed by atoms with Crippen LogP contribution in [-0.4, -0.2) is 10.8 Å². The number of nitrogens with one attached hydrogen (secondary N) is 1. The minimum Gasteiger partial charge on any atom is -0.356 e. The molecule has 2 heteroatoms. The zero-order chi connectivity index (χ0) is 13.4. The van der Waals surface area contributed by atoms with E-state index >= 15 is 0 Å². The molecule has 0 saturated carbocycles. The minimum atomic E-state index is 0.0757. The van der Waals surface area contributed by atoms with Crippen LogP contribution in [0.5, 0.6) is 0 Å². The largest absolute Gasteiger partial charge is 0.356 e. The van der Waals surface area contributed by atoms with E-state index in [0.717, 1.165) is 22.4 Å². The van der Waals surface area contributed by atoms with Crippen LogP contribution in [0.3, 0.4) is 0 Å². The fraction of sp³-hybridized carbons (Fsp3) is 0.312. The second-order valence-corrected chi connectivity index (χ2v) is 5.00. The molecule has 2 nitrogen and oxygen atoms in total. The molecule has 94 valence electrons. The highest BCUT2D eigenvalue weighted by atomic mass is 16.1. The number of aryl methyl sites for hydroxylation is 3. The second kappa shape index (κ2) is 4.45. The lowest BCUT2D eigenvalue weighted by atomic mass is 10.00. The summed E-state index contributed by atoms with van der Waals surface area (Å²) in [5.74, 6) is 0.0757. The first kappa shape index (κ1) is 12.6. The molecule has 2 aromatic rings. The molecule has 1 heterocycles. The van der Waals surface area contributed by atoms with Gasteiger partial charge in [0, 0.05) is 11.3 Å². The third-order valence-electron chi connectivity index (χ3n) is 3.81. The number of carbonyl (C=O) groups excluding carboxylic acids is 1. The van der Waals surface area contributed by atoms with Gasteiger partial charge in [-0.3, -0.25) is 4.79 Å². The summed E-state index contributed by atoms with van der Waals surface area (Å²) in [4.78, 5) is 15.7. The SMILES string of the molecule is Cc1ccc(C(=O)c2[nH]c(C)c(C)c2C)cc1C. The molecule has 0 bridgehead atoms. The summed E-state index contributed by atoms with van der Waals surface area (Å²) in [6, 6.07) is 5.86. The average molecular weight is 241 g/mol. The first-order chi connectivity index (χ1) is 8.41. The van der Waals surface area contributed by atoms with Crippen molar-refractivity contribution in [1.29, 1.82) is 0 Å². The van der Waals surface area contributed by atoms with Crippen molar-refractivity contribution in [3.63, 3.8) is 0 Å². The Hall–Kier alpha value is -1.83. The lowest BCUT2D eigenvalue weighted by Crippen LogP contribution is -2.04. The number of rotatable bonds is 2. The van der Waals surface area contributed by atoms with E-state index < -0.39 is 0 Å². The molecule has 1 aromatic heterocycles. The van der Waals surface area contributed by atoms with E-state index in [4.69, 9.17) is 0 Å². The zero-order valence-corrected chi connectivity index (χ0v) is 11.6. The summed E-state index contributed by atoms with van der Waals surface area (Å²) in [5.41, 5.74) is 7.12. The van der Waals surface area contributed by atoms with Gasteiger partial charge in [0.2, 0.25) is 5.78 Å². The van der Waals surface area contributed by atoms with Gasteiger partial charge in [-0.2, -0.15) is 0 Å². The Balaban J connectivity index is 2.48. The molecule has 0 spiro atoms. The number of ketones is 1. The van der Waals surface area contributed by atoms with Crippen molar-refractivity contribution in [3.05, 3.63) is 57.4 Å². The Labute approximate surface area is 108 Å². The normalized spacial score (nSPS) is 10.7. The van der Waals surface area contributed by atoms with Crippen molar-refractivity contribution in [2.45, 2.75) is 34.6 Å². The van der Waals surface area contributed by atoms with Gasteiger partial charge in [-0.25, -0.2) is 0 Å². The number of hydrogen-bond donors (Lipinski definition) is 1. The number of carbonyl (C=O) groups is 1. The molecule has 0 amide bonds. The minimum absolute atomic E-state index is 0.0757. The highest BCUT2D eigenvalue weighted by Gasteiger charge is 2.16. The Morgan fingerprint density at radius 2 is 1.61 bits per heavy atom. The van der Waals surface area contributed by atoms with E-state index in [-0.39, 0.29) is 5.78 Å². The number of hydrogen-bond acceptors (Lipinski definition) is 1. The average Bonchev–Trinajstić information content (AvgIpc) is 2.60. The van der Waals surface area contributed by atoms with Crippen LogP contribution in [0.15, 0.2) is 18.2 Å².